The molecule has 4 aromatic rings. The first-order chi connectivity index (χ1) is 19.9. The van der Waals surface area contributed by atoms with Crippen molar-refractivity contribution in [2.75, 3.05) is 24.4 Å². The van der Waals surface area contributed by atoms with Crippen LogP contribution in [0.15, 0.2) is 77.7 Å². The van der Waals surface area contributed by atoms with Crippen molar-refractivity contribution in [3.63, 3.8) is 0 Å². The van der Waals surface area contributed by atoms with Crippen LogP contribution in [-0.2, 0) is 15.4 Å². The minimum atomic E-state index is -3.81. The molecule has 0 saturated carbocycles. The average molecular weight is 589 g/mol. The normalized spacial score (nSPS) is 12.9. The van der Waals surface area contributed by atoms with E-state index in [-0.39, 0.29) is 22.3 Å². The number of fused-ring (bicyclic) bond motifs is 1. The standard InChI is InChI=1S/C34H44N4O3S/c1-7-38(8-2)22-12-13-24(3)35-33(39)32-31(25-14-10-9-11-15-25)29-23-27(18-21-30(29)36-32)37-42(40,41)28-19-16-26(17-20-28)34(4,5)6/h9-11,14-21,23-24,36-37H,7-8,12-13,22H2,1-6H3,(H,35,39). The predicted octanol–water partition coefficient (Wildman–Crippen LogP) is 7.17. The number of rotatable bonds is 12. The summed E-state index contributed by atoms with van der Waals surface area (Å²) in [7, 11) is -3.81. The average Bonchev–Trinajstić information content (AvgIpc) is 3.34. The molecule has 0 spiro atoms. The Kier molecular flexibility index (Phi) is 9.79. The van der Waals surface area contributed by atoms with Crippen molar-refractivity contribution in [1.29, 1.82) is 0 Å². The van der Waals surface area contributed by atoms with Gasteiger partial charge in [0.25, 0.3) is 15.9 Å². The van der Waals surface area contributed by atoms with Crippen LogP contribution in [0.3, 0.4) is 0 Å². The van der Waals surface area contributed by atoms with Gasteiger partial charge in [0.05, 0.1) is 4.90 Å². The highest BCUT2D eigenvalue weighted by Crippen LogP contribution is 2.35. The number of H-pyrrole nitrogens is 1. The third-order valence-electron chi connectivity index (χ3n) is 7.75. The molecule has 8 heteroatoms. The lowest BCUT2D eigenvalue weighted by molar-refractivity contribution is 0.0933. The zero-order valence-electron chi connectivity index (χ0n) is 25.6. The fourth-order valence-electron chi connectivity index (χ4n) is 5.21. The number of hydrogen-bond acceptors (Lipinski definition) is 4. The summed E-state index contributed by atoms with van der Waals surface area (Å²) in [4.78, 5) is 19.4. The van der Waals surface area contributed by atoms with Gasteiger partial charge >= 0.3 is 0 Å². The van der Waals surface area contributed by atoms with Gasteiger partial charge in [-0.1, -0.05) is 77.1 Å². The molecule has 0 radical (unpaired) electrons. The molecular weight excluding hydrogens is 544 g/mol. The van der Waals surface area contributed by atoms with Gasteiger partial charge < -0.3 is 15.2 Å². The SMILES string of the molecule is CCN(CC)CCCC(C)NC(=O)c1[nH]c2ccc(NS(=O)(=O)c3ccc(C(C)(C)C)cc3)cc2c1-c1ccccc1. The quantitative estimate of drug-likeness (QED) is 0.164. The van der Waals surface area contributed by atoms with Gasteiger partial charge in [-0.05, 0) is 86.3 Å². The summed E-state index contributed by atoms with van der Waals surface area (Å²) in [6.07, 6.45) is 1.88. The van der Waals surface area contributed by atoms with E-state index in [1.165, 1.54) is 0 Å². The molecule has 0 fully saturated rings. The molecule has 0 saturated heterocycles. The molecule has 42 heavy (non-hydrogen) atoms. The van der Waals surface area contributed by atoms with E-state index in [9.17, 15) is 13.2 Å². The summed E-state index contributed by atoms with van der Waals surface area (Å²) in [5, 5.41) is 3.93. The highest BCUT2D eigenvalue weighted by molar-refractivity contribution is 7.92. The van der Waals surface area contributed by atoms with Crippen LogP contribution in [0.2, 0.25) is 0 Å². The second kappa shape index (κ2) is 13.1. The Morgan fingerprint density at radius 3 is 2.24 bits per heavy atom. The third-order valence-corrected chi connectivity index (χ3v) is 9.15. The Bertz CT molecular complexity index is 1600. The van der Waals surface area contributed by atoms with Gasteiger partial charge in [-0.15, -0.1) is 0 Å². The molecule has 3 N–H and O–H groups in total. The number of nitrogens with one attached hydrogen (secondary N) is 3. The van der Waals surface area contributed by atoms with Crippen LogP contribution >= 0.6 is 0 Å². The summed E-state index contributed by atoms with van der Waals surface area (Å²) in [5.41, 5.74) is 4.25. The number of amides is 1. The minimum Gasteiger partial charge on any atom is -0.350 e. The molecule has 0 bridgehead atoms. The molecule has 1 heterocycles. The molecule has 1 aromatic heterocycles. The third kappa shape index (κ3) is 7.41. The first-order valence-electron chi connectivity index (χ1n) is 14.8. The number of anilines is 1. The summed E-state index contributed by atoms with van der Waals surface area (Å²) in [6, 6.07) is 22.0. The molecular formula is C34H44N4O3S. The molecule has 3 aromatic carbocycles. The number of benzene rings is 3. The lowest BCUT2D eigenvalue weighted by atomic mass is 9.87. The number of carbonyl (C=O) groups excluding carboxylic acids is 1. The van der Waals surface area contributed by atoms with Crippen molar-refractivity contribution in [2.45, 2.75) is 70.7 Å². The van der Waals surface area contributed by atoms with Crippen molar-refractivity contribution >= 4 is 32.5 Å². The number of nitrogens with zero attached hydrogens (tertiary/aromatic N) is 1. The Morgan fingerprint density at radius 1 is 0.952 bits per heavy atom. The van der Waals surface area contributed by atoms with Gasteiger partial charge in [-0.2, -0.15) is 0 Å². The Morgan fingerprint density at radius 2 is 1.62 bits per heavy atom. The predicted molar refractivity (Wildman–Crippen MR) is 174 cm³/mol. The van der Waals surface area contributed by atoms with Crippen LogP contribution in [0, 0.1) is 0 Å². The first kappa shape index (κ1) is 31.3. The smallest absolute Gasteiger partial charge is 0.268 e. The second-order valence-electron chi connectivity index (χ2n) is 11.9. The topological polar surface area (TPSA) is 94.3 Å². The van der Waals surface area contributed by atoms with Crippen LogP contribution in [0.5, 0.6) is 0 Å². The summed E-state index contributed by atoms with van der Waals surface area (Å²) in [6.45, 7) is 15.7. The molecule has 0 aliphatic rings. The van der Waals surface area contributed by atoms with Crippen molar-refractivity contribution in [1.82, 2.24) is 15.2 Å². The summed E-state index contributed by atoms with van der Waals surface area (Å²) < 4.78 is 29.3. The fraction of sp³-hybridized carbons (Fsp3) is 0.382. The van der Waals surface area contributed by atoms with E-state index >= 15 is 0 Å². The first-order valence-corrected chi connectivity index (χ1v) is 16.3. The number of sulfonamides is 1. The number of aromatic nitrogens is 1. The Labute approximate surface area is 250 Å². The van der Waals surface area contributed by atoms with Crippen LogP contribution in [0.25, 0.3) is 22.0 Å². The van der Waals surface area contributed by atoms with E-state index in [0.717, 1.165) is 60.1 Å². The Hall–Kier alpha value is -3.62. The van der Waals surface area contributed by atoms with E-state index < -0.39 is 10.0 Å². The zero-order valence-corrected chi connectivity index (χ0v) is 26.4. The highest BCUT2D eigenvalue weighted by Gasteiger charge is 2.22. The van der Waals surface area contributed by atoms with E-state index in [1.54, 1.807) is 24.3 Å². The van der Waals surface area contributed by atoms with Crippen LogP contribution in [-0.4, -0.2) is 49.9 Å². The lowest BCUT2D eigenvalue weighted by Gasteiger charge is -2.19. The monoisotopic (exact) mass is 588 g/mol. The minimum absolute atomic E-state index is 0.00939. The van der Waals surface area contributed by atoms with Crippen molar-refractivity contribution in [3.05, 3.63) is 84.1 Å². The van der Waals surface area contributed by atoms with Gasteiger partial charge in [0, 0.05) is 28.2 Å². The van der Waals surface area contributed by atoms with Gasteiger partial charge in [0.1, 0.15) is 5.69 Å². The number of carbonyl (C=O) groups is 1. The molecule has 7 nitrogen and oxygen atoms in total. The van der Waals surface area contributed by atoms with Gasteiger partial charge in [-0.3, -0.25) is 9.52 Å². The van der Waals surface area contributed by atoms with E-state index in [4.69, 9.17) is 0 Å². The molecule has 1 atom stereocenters. The van der Waals surface area contributed by atoms with Crippen LogP contribution in [0.4, 0.5) is 5.69 Å². The number of aromatic amines is 1. The van der Waals surface area contributed by atoms with Crippen LogP contribution in [0.1, 0.15) is 70.4 Å². The molecule has 1 unspecified atom stereocenters. The van der Waals surface area contributed by atoms with Crippen molar-refractivity contribution in [3.8, 4) is 11.1 Å². The maximum Gasteiger partial charge on any atom is 0.268 e. The maximum atomic E-state index is 13.6. The molecule has 224 valence electrons. The number of hydrogen-bond donors (Lipinski definition) is 3. The fourth-order valence-corrected chi connectivity index (χ4v) is 6.26. The lowest BCUT2D eigenvalue weighted by Crippen LogP contribution is -2.34. The molecule has 1 amide bonds. The highest BCUT2D eigenvalue weighted by atomic mass is 32.2. The molecule has 4 rings (SSSR count). The zero-order chi connectivity index (χ0) is 30.5. The largest absolute Gasteiger partial charge is 0.350 e. The van der Waals surface area contributed by atoms with Crippen molar-refractivity contribution < 1.29 is 13.2 Å². The van der Waals surface area contributed by atoms with E-state index in [1.807, 2.05) is 55.5 Å². The molecule has 0 aliphatic heterocycles. The second-order valence-corrected chi connectivity index (χ2v) is 13.6. The summed E-state index contributed by atoms with van der Waals surface area (Å²) in [5.74, 6) is -0.179. The van der Waals surface area contributed by atoms with Gasteiger partial charge in [-0.25, -0.2) is 8.42 Å². The summed E-state index contributed by atoms with van der Waals surface area (Å²) >= 11 is 0. The maximum absolute atomic E-state index is 13.6. The Balaban J connectivity index is 1.62. The van der Waals surface area contributed by atoms with E-state index in [2.05, 4.69) is 54.5 Å². The van der Waals surface area contributed by atoms with E-state index in [0.29, 0.717) is 11.4 Å². The van der Waals surface area contributed by atoms with Gasteiger partial charge in [0.15, 0.2) is 0 Å². The molecule has 0 aliphatic carbocycles. The van der Waals surface area contributed by atoms with Gasteiger partial charge in [0.2, 0.25) is 0 Å². The van der Waals surface area contributed by atoms with Crippen LogP contribution < -0.4 is 10.0 Å². The van der Waals surface area contributed by atoms with Crippen molar-refractivity contribution in [2.24, 2.45) is 0 Å².